The Kier molecular flexibility index (Phi) is 3.09. The summed E-state index contributed by atoms with van der Waals surface area (Å²) in [5, 5.41) is 3.41. The SMILES string of the molecule is CC(C)Nc1nc(C2CC2)cc(N2C[C@H]3C[C@H]2c2ccccc23)n1. The summed E-state index contributed by atoms with van der Waals surface area (Å²) in [5.41, 5.74) is 4.27. The van der Waals surface area contributed by atoms with E-state index in [9.17, 15) is 0 Å². The van der Waals surface area contributed by atoms with Crippen molar-refractivity contribution in [3.63, 3.8) is 0 Å². The summed E-state index contributed by atoms with van der Waals surface area (Å²) >= 11 is 0. The van der Waals surface area contributed by atoms with Gasteiger partial charge in [0, 0.05) is 30.5 Å². The van der Waals surface area contributed by atoms with Gasteiger partial charge in [-0.1, -0.05) is 24.3 Å². The maximum atomic E-state index is 4.86. The Morgan fingerprint density at radius 3 is 2.62 bits per heavy atom. The molecule has 1 saturated heterocycles. The van der Waals surface area contributed by atoms with Gasteiger partial charge in [0.2, 0.25) is 5.95 Å². The summed E-state index contributed by atoms with van der Waals surface area (Å²) in [7, 11) is 0. The minimum absolute atomic E-state index is 0.350. The lowest BCUT2D eigenvalue weighted by atomic mass is 9.99. The largest absolute Gasteiger partial charge is 0.352 e. The highest BCUT2D eigenvalue weighted by Gasteiger charge is 2.43. The molecule has 2 atom stereocenters. The number of nitrogens with one attached hydrogen (secondary N) is 1. The van der Waals surface area contributed by atoms with Gasteiger partial charge >= 0.3 is 0 Å². The molecular weight excluding hydrogens is 296 g/mol. The van der Waals surface area contributed by atoms with E-state index in [2.05, 4.69) is 54.4 Å². The molecular formula is C20H24N4. The number of benzene rings is 1. The second-order valence-corrected chi connectivity index (χ2v) is 7.78. The lowest BCUT2D eigenvalue weighted by Gasteiger charge is -2.30. The first-order valence-corrected chi connectivity index (χ1v) is 9.20. The Labute approximate surface area is 143 Å². The molecule has 2 aromatic rings. The monoisotopic (exact) mass is 320 g/mol. The highest BCUT2D eigenvalue weighted by molar-refractivity contribution is 5.55. The maximum Gasteiger partial charge on any atom is 0.225 e. The van der Waals surface area contributed by atoms with Crippen LogP contribution in [0.4, 0.5) is 11.8 Å². The summed E-state index contributed by atoms with van der Waals surface area (Å²) in [5.74, 6) is 3.20. The standard InChI is InChI=1S/C20H24N4/c1-12(2)21-20-22-17(13-7-8-13)10-19(23-20)24-11-14-9-18(24)16-6-4-3-5-15(14)16/h3-6,10,12-14,18H,7-9,11H2,1-2H3,(H,21,22,23)/t14-,18+/m1/s1. The summed E-state index contributed by atoms with van der Waals surface area (Å²) in [4.78, 5) is 12.1. The number of anilines is 2. The van der Waals surface area contributed by atoms with Gasteiger partial charge in [-0.25, -0.2) is 4.98 Å². The Hall–Kier alpha value is -2.10. The van der Waals surface area contributed by atoms with E-state index >= 15 is 0 Å². The van der Waals surface area contributed by atoms with E-state index in [-0.39, 0.29) is 0 Å². The summed E-state index contributed by atoms with van der Waals surface area (Å²) in [6.45, 7) is 5.37. The molecule has 0 unspecified atom stereocenters. The second-order valence-electron chi connectivity index (χ2n) is 7.78. The van der Waals surface area contributed by atoms with Crippen molar-refractivity contribution in [3.8, 4) is 0 Å². The highest BCUT2D eigenvalue weighted by Crippen LogP contribution is 2.51. The lowest BCUT2D eigenvalue weighted by Crippen LogP contribution is -2.28. The first-order chi connectivity index (χ1) is 11.7. The van der Waals surface area contributed by atoms with Crippen LogP contribution in [0.25, 0.3) is 0 Å². The third kappa shape index (κ3) is 2.27. The van der Waals surface area contributed by atoms with Crippen molar-refractivity contribution in [2.75, 3.05) is 16.8 Å². The smallest absolute Gasteiger partial charge is 0.225 e. The number of aromatic nitrogens is 2. The van der Waals surface area contributed by atoms with Crippen LogP contribution in [0, 0.1) is 0 Å². The van der Waals surface area contributed by atoms with E-state index < -0.39 is 0 Å². The van der Waals surface area contributed by atoms with Crippen molar-refractivity contribution >= 4 is 11.8 Å². The van der Waals surface area contributed by atoms with Crippen LogP contribution in [0.3, 0.4) is 0 Å². The first-order valence-electron chi connectivity index (χ1n) is 9.20. The third-order valence-corrected chi connectivity index (χ3v) is 5.54. The average molecular weight is 320 g/mol. The minimum atomic E-state index is 0.350. The van der Waals surface area contributed by atoms with Crippen molar-refractivity contribution in [3.05, 3.63) is 47.2 Å². The number of rotatable bonds is 4. The molecule has 4 nitrogen and oxygen atoms in total. The predicted octanol–water partition coefficient (Wildman–Crippen LogP) is 4.22. The minimum Gasteiger partial charge on any atom is -0.352 e. The van der Waals surface area contributed by atoms with Gasteiger partial charge in [0.25, 0.3) is 0 Å². The topological polar surface area (TPSA) is 41.1 Å². The molecule has 2 bridgehead atoms. The van der Waals surface area contributed by atoms with Crippen molar-refractivity contribution in [1.29, 1.82) is 0 Å². The molecule has 4 heteroatoms. The molecule has 1 saturated carbocycles. The molecule has 2 aliphatic carbocycles. The van der Waals surface area contributed by atoms with Crippen molar-refractivity contribution in [2.45, 2.75) is 57.0 Å². The zero-order valence-electron chi connectivity index (χ0n) is 14.4. The van der Waals surface area contributed by atoms with Crippen molar-refractivity contribution in [2.24, 2.45) is 0 Å². The van der Waals surface area contributed by atoms with Crippen LogP contribution in [0.15, 0.2) is 30.3 Å². The van der Waals surface area contributed by atoms with Crippen LogP contribution in [-0.2, 0) is 0 Å². The zero-order valence-corrected chi connectivity index (χ0v) is 14.4. The lowest BCUT2D eigenvalue weighted by molar-refractivity contribution is 0.725. The van der Waals surface area contributed by atoms with Gasteiger partial charge in [-0.2, -0.15) is 4.98 Å². The maximum absolute atomic E-state index is 4.86. The quantitative estimate of drug-likeness (QED) is 0.915. The molecule has 2 heterocycles. The second kappa shape index (κ2) is 5.20. The molecule has 0 spiro atoms. The van der Waals surface area contributed by atoms with Gasteiger partial charge < -0.3 is 10.2 Å². The van der Waals surface area contributed by atoms with Crippen LogP contribution in [0.1, 0.15) is 67.8 Å². The Morgan fingerprint density at radius 2 is 1.88 bits per heavy atom. The number of hydrogen-bond acceptors (Lipinski definition) is 4. The molecule has 1 aromatic heterocycles. The van der Waals surface area contributed by atoms with Crippen molar-refractivity contribution in [1.82, 2.24) is 9.97 Å². The molecule has 1 aromatic carbocycles. The van der Waals surface area contributed by atoms with Crippen LogP contribution < -0.4 is 10.2 Å². The fraction of sp³-hybridized carbons (Fsp3) is 0.500. The molecule has 2 fully saturated rings. The predicted molar refractivity (Wildman–Crippen MR) is 96.7 cm³/mol. The van der Waals surface area contributed by atoms with Gasteiger partial charge in [0.1, 0.15) is 5.82 Å². The molecule has 0 radical (unpaired) electrons. The normalized spacial score (nSPS) is 24.5. The van der Waals surface area contributed by atoms with E-state index in [0.717, 1.165) is 18.3 Å². The van der Waals surface area contributed by atoms with E-state index in [1.807, 2.05) is 0 Å². The Balaban J connectivity index is 1.52. The Morgan fingerprint density at radius 1 is 1.08 bits per heavy atom. The zero-order chi connectivity index (χ0) is 16.3. The molecule has 1 N–H and O–H groups in total. The first kappa shape index (κ1) is 14.3. The summed E-state index contributed by atoms with van der Waals surface area (Å²) in [6.07, 6.45) is 3.77. The van der Waals surface area contributed by atoms with Gasteiger partial charge in [0.05, 0.1) is 11.7 Å². The van der Waals surface area contributed by atoms with Gasteiger partial charge in [0.15, 0.2) is 0 Å². The van der Waals surface area contributed by atoms with Crippen LogP contribution >= 0.6 is 0 Å². The number of fused-ring (bicyclic) bond motifs is 5. The third-order valence-electron chi connectivity index (χ3n) is 5.54. The number of hydrogen-bond donors (Lipinski definition) is 1. The molecule has 5 rings (SSSR count). The van der Waals surface area contributed by atoms with Crippen LogP contribution in [0.2, 0.25) is 0 Å². The summed E-state index contributed by atoms with van der Waals surface area (Å²) < 4.78 is 0. The fourth-order valence-electron chi connectivity index (χ4n) is 4.31. The van der Waals surface area contributed by atoms with Gasteiger partial charge in [-0.3, -0.25) is 0 Å². The molecule has 24 heavy (non-hydrogen) atoms. The van der Waals surface area contributed by atoms with E-state index in [0.29, 0.717) is 23.9 Å². The van der Waals surface area contributed by atoms with Crippen molar-refractivity contribution < 1.29 is 0 Å². The molecule has 1 aliphatic heterocycles. The average Bonchev–Trinajstić information content (AvgIpc) is 3.25. The van der Waals surface area contributed by atoms with Crippen LogP contribution in [-0.4, -0.2) is 22.6 Å². The van der Waals surface area contributed by atoms with E-state index in [1.165, 1.54) is 30.5 Å². The van der Waals surface area contributed by atoms with E-state index in [4.69, 9.17) is 9.97 Å². The Bertz CT molecular complexity index is 781. The van der Waals surface area contributed by atoms with Crippen LogP contribution in [0.5, 0.6) is 0 Å². The van der Waals surface area contributed by atoms with Gasteiger partial charge in [-0.05, 0) is 44.2 Å². The fourth-order valence-corrected chi connectivity index (χ4v) is 4.31. The van der Waals surface area contributed by atoms with Gasteiger partial charge in [-0.15, -0.1) is 0 Å². The molecule has 3 aliphatic rings. The molecule has 0 amide bonds. The van der Waals surface area contributed by atoms with E-state index in [1.54, 1.807) is 5.56 Å². The number of nitrogens with zero attached hydrogens (tertiary/aromatic N) is 3. The highest BCUT2D eigenvalue weighted by atomic mass is 15.3. The molecule has 124 valence electrons. The summed E-state index contributed by atoms with van der Waals surface area (Å²) in [6, 6.07) is 12.0.